The molecule has 0 radical (unpaired) electrons. The van der Waals surface area contributed by atoms with Crippen molar-refractivity contribution in [2.75, 3.05) is 13.1 Å². The Labute approximate surface area is 104 Å². The lowest BCUT2D eigenvalue weighted by Gasteiger charge is -2.34. The van der Waals surface area contributed by atoms with Gasteiger partial charge in [0.25, 0.3) is 0 Å². The van der Waals surface area contributed by atoms with Gasteiger partial charge in [-0.15, -0.1) is 0 Å². The Balaban J connectivity index is 2.78. The third kappa shape index (κ3) is 4.19. The highest BCUT2D eigenvalue weighted by Crippen LogP contribution is 2.28. The number of carbonyl (C=O) groups excluding carboxylic acids is 2. The standard InChI is InChI=1S/C11H17F3N2O2/c1-10(2,3)4-7-5-15-9(18)16(8(7)17)6-11(12,13)14/h7H,4-6H2,1-3H3,(H,15,18). The quantitative estimate of drug-likeness (QED) is 0.832. The predicted octanol–water partition coefficient (Wildman–Crippen LogP) is 2.15. The zero-order chi connectivity index (χ0) is 14.1. The lowest BCUT2D eigenvalue weighted by molar-refractivity contribution is -0.159. The first kappa shape index (κ1) is 14.8. The molecule has 0 spiro atoms. The molecule has 1 N–H and O–H groups in total. The van der Waals surface area contributed by atoms with Gasteiger partial charge >= 0.3 is 12.2 Å². The highest BCUT2D eigenvalue weighted by molar-refractivity contribution is 5.98. The van der Waals surface area contributed by atoms with Crippen LogP contribution in [0.2, 0.25) is 0 Å². The number of alkyl halides is 3. The minimum Gasteiger partial charge on any atom is -0.337 e. The molecule has 1 unspecified atom stereocenters. The van der Waals surface area contributed by atoms with Crippen LogP contribution in [0.5, 0.6) is 0 Å². The van der Waals surface area contributed by atoms with E-state index in [9.17, 15) is 22.8 Å². The van der Waals surface area contributed by atoms with E-state index in [0.717, 1.165) is 0 Å². The monoisotopic (exact) mass is 266 g/mol. The first-order valence-corrected chi connectivity index (χ1v) is 5.65. The number of imide groups is 1. The molecule has 104 valence electrons. The van der Waals surface area contributed by atoms with Crippen LogP contribution in [-0.4, -0.2) is 36.1 Å². The predicted molar refractivity (Wildman–Crippen MR) is 58.7 cm³/mol. The summed E-state index contributed by atoms with van der Waals surface area (Å²) in [7, 11) is 0. The van der Waals surface area contributed by atoms with Gasteiger partial charge in [-0.1, -0.05) is 20.8 Å². The molecular formula is C11H17F3N2O2. The molecule has 7 heteroatoms. The van der Waals surface area contributed by atoms with Gasteiger partial charge in [0.15, 0.2) is 0 Å². The summed E-state index contributed by atoms with van der Waals surface area (Å²) in [6, 6.07) is -0.970. The highest BCUT2D eigenvalue weighted by Gasteiger charge is 2.42. The number of hydrogen-bond acceptors (Lipinski definition) is 2. The molecule has 0 bridgehead atoms. The second kappa shape index (κ2) is 4.78. The number of nitrogens with one attached hydrogen (secondary N) is 1. The number of urea groups is 1. The Morgan fingerprint density at radius 3 is 2.28 bits per heavy atom. The Hall–Kier alpha value is -1.27. The largest absolute Gasteiger partial charge is 0.406 e. The van der Waals surface area contributed by atoms with Crippen molar-refractivity contribution in [1.29, 1.82) is 0 Å². The van der Waals surface area contributed by atoms with Crippen LogP contribution in [0.4, 0.5) is 18.0 Å². The van der Waals surface area contributed by atoms with Crippen molar-refractivity contribution in [1.82, 2.24) is 10.2 Å². The van der Waals surface area contributed by atoms with Crippen molar-refractivity contribution in [2.24, 2.45) is 11.3 Å². The topological polar surface area (TPSA) is 49.4 Å². The van der Waals surface area contributed by atoms with Crippen LogP contribution < -0.4 is 5.32 Å². The lowest BCUT2D eigenvalue weighted by atomic mass is 9.83. The number of halogens is 3. The molecular weight excluding hydrogens is 249 g/mol. The number of rotatable bonds is 2. The maximum atomic E-state index is 12.3. The van der Waals surface area contributed by atoms with E-state index < -0.39 is 30.6 Å². The summed E-state index contributed by atoms with van der Waals surface area (Å²) < 4.78 is 36.8. The Bertz CT molecular complexity index is 347. The SMILES string of the molecule is CC(C)(C)CC1CNC(=O)N(CC(F)(F)F)C1=O. The minimum atomic E-state index is -4.57. The van der Waals surface area contributed by atoms with Gasteiger partial charge in [-0.2, -0.15) is 13.2 Å². The summed E-state index contributed by atoms with van der Waals surface area (Å²) in [5.41, 5.74) is -0.188. The van der Waals surface area contributed by atoms with E-state index in [1.807, 2.05) is 20.8 Å². The van der Waals surface area contributed by atoms with Gasteiger partial charge in [0.2, 0.25) is 5.91 Å². The molecule has 1 heterocycles. The number of hydrogen-bond donors (Lipinski definition) is 1. The molecule has 0 aromatic heterocycles. The van der Waals surface area contributed by atoms with Crippen LogP contribution in [0.1, 0.15) is 27.2 Å². The third-order valence-electron chi connectivity index (χ3n) is 2.56. The van der Waals surface area contributed by atoms with Crippen LogP contribution in [0.3, 0.4) is 0 Å². The molecule has 1 atom stereocenters. The van der Waals surface area contributed by atoms with Gasteiger partial charge in [0, 0.05) is 6.54 Å². The molecule has 0 saturated carbocycles. The maximum Gasteiger partial charge on any atom is 0.406 e. The summed E-state index contributed by atoms with van der Waals surface area (Å²) in [6.45, 7) is 4.25. The molecule has 3 amide bonds. The van der Waals surface area contributed by atoms with E-state index in [1.165, 1.54) is 0 Å². The fourth-order valence-electron chi connectivity index (χ4n) is 1.94. The maximum absolute atomic E-state index is 12.3. The molecule has 4 nitrogen and oxygen atoms in total. The summed E-state index contributed by atoms with van der Waals surface area (Å²) in [4.78, 5) is 23.4. The first-order valence-electron chi connectivity index (χ1n) is 5.65. The van der Waals surface area contributed by atoms with E-state index >= 15 is 0 Å². The van der Waals surface area contributed by atoms with E-state index in [0.29, 0.717) is 6.42 Å². The van der Waals surface area contributed by atoms with Crippen molar-refractivity contribution in [2.45, 2.75) is 33.4 Å². The number of amides is 3. The summed E-state index contributed by atoms with van der Waals surface area (Å²) >= 11 is 0. The zero-order valence-corrected chi connectivity index (χ0v) is 10.6. The van der Waals surface area contributed by atoms with Crippen LogP contribution in [0.25, 0.3) is 0 Å². The van der Waals surface area contributed by atoms with E-state index in [1.54, 1.807) is 0 Å². The summed E-state index contributed by atoms with van der Waals surface area (Å²) in [6.07, 6.45) is -4.14. The van der Waals surface area contributed by atoms with Crippen LogP contribution in [0.15, 0.2) is 0 Å². The lowest BCUT2D eigenvalue weighted by Crippen LogP contribution is -2.57. The van der Waals surface area contributed by atoms with Crippen LogP contribution >= 0.6 is 0 Å². The molecule has 1 saturated heterocycles. The molecule has 1 aliphatic heterocycles. The molecule has 1 fully saturated rings. The first-order chi connectivity index (χ1) is 7.99. The summed E-state index contributed by atoms with van der Waals surface area (Å²) in [5.74, 6) is -1.34. The van der Waals surface area contributed by atoms with E-state index in [-0.39, 0.29) is 16.9 Å². The Morgan fingerprint density at radius 1 is 1.28 bits per heavy atom. The summed E-state index contributed by atoms with van der Waals surface area (Å²) in [5, 5.41) is 2.32. The van der Waals surface area contributed by atoms with Crippen molar-refractivity contribution in [3.63, 3.8) is 0 Å². The van der Waals surface area contributed by atoms with E-state index in [2.05, 4.69) is 5.32 Å². The van der Waals surface area contributed by atoms with Gasteiger partial charge in [-0.25, -0.2) is 4.79 Å². The van der Waals surface area contributed by atoms with Gasteiger partial charge in [0.1, 0.15) is 6.54 Å². The average molecular weight is 266 g/mol. The third-order valence-corrected chi connectivity index (χ3v) is 2.56. The molecule has 1 aliphatic rings. The van der Waals surface area contributed by atoms with Crippen molar-refractivity contribution < 1.29 is 22.8 Å². The molecule has 18 heavy (non-hydrogen) atoms. The molecule has 0 aromatic rings. The fourth-order valence-corrected chi connectivity index (χ4v) is 1.94. The van der Waals surface area contributed by atoms with Gasteiger partial charge < -0.3 is 5.32 Å². The fraction of sp³-hybridized carbons (Fsp3) is 0.818. The van der Waals surface area contributed by atoms with Crippen molar-refractivity contribution in [3.8, 4) is 0 Å². The second-order valence-corrected chi connectivity index (χ2v) is 5.69. The van der Waals surface area contributed by atoms with Crippen LogP contribution in [-0.2, 0) is 4.79 Å². The average Bonchev–Trinajstić information content (AvgIpc) is 2.14. The molecule has 0 aromatic carbocycles. The smallest absolute Gasteiger partial charge is 0.337 e. The second-order valence-electron chi connectivity index (χ2n) is 5.69. The Kier molecular flexibility index (Phi) is 3.92. The highest BCUT2D eigenvalue weighted by atomic mass is 19.4. The molecule has 0 aliphatic carbocycles. The number of nitrogens with zero attached hydrogens (tertiary/aromatic N) is 1. The van der Waals surface area contributed by atoms with Crippen LogP contribution in [0, 0.1) is 11.3 Å². The molecule has 1 rings (SSSR count). The van der Waals surface area contributed by atoms with Crippen molar-refractivity contribution in [3.05, 3.63) is 0 Å². The van der Waals surface area contributed by atoms with E-state index in [4.69, 9.17) is 0 Å². The zero-order valence-electron chi connectivity index (χ0n) is 10.6. The Morgan fingerprint density at radius 2 is 1.83 bits per heavy atom. The van der Waals surface area contributed by atoms with Crippen molar-refractivity contribution >= 4 is 11.9 Å². The number of carbonyl (C=O) groups is 2. The normalized spacial score (nSPS) is 22.1. The minimum absolute atomic E-state index is 0.100. The van der Waals surface area contributed by atoms with Gasteiger partial charge in [-0.3, -0.25) is 9.69 Å². The van der Waals surface area contributed by atoms with Gasteiger partial charge in [0.05, 0.1) is 5.92 Å². The van der Waals surface area contributed by atoms with Gasteiger partial charge in [-0.05, 0) is 11.8 Å².